The number of carbonyl (C=O) groups is 1. The van der Waals surface area contributed by atoms with Crippen molar-refractivity contribution in [2.24, 2.45) is 5.10 Å². The van der Waals surface area contributed by atoms with E-state index in [4.69, 9.17) is 15.7 Å². The van der Waals surface area contributed by atoms with E-state index < -0.39 is 11.3 Å². The molecule has 0 amide bonds. The topological polar surface area (TPSA) is 126 Å². The number of nitrogens with one attached hydrogen (secondary N) is 2. The Morgan fingerprint density at radius 3 is 2.68 bits per heavy atom. The molecule has 1 aromatic carbocycles. The van der Waals surface area contributed by atoms with Crippen molar-refractivity contribution in [3.05, 3.63) is 66.1 Å². The van der Waals surface area contributed by atoms with Crippen molar-refractivity contribution in [2.45, 2.75) is 56.4 Å². The molecule has 4 N–H and O–H groups in total. The van der Waals surface area contributed by atoms with Gasteiger partial charge in [0.15, 0.2) is 11.9 Å². The number of fused-ring (bicyclic) bond motifs is 3. The van der Waals surface area contributed by atoms with Gasteiger partial charge in [0.25, 0.3) is 0 Å². The minimum Gasteiger partial charge on any atom is -0.383 e. The van der Waals surface area contributed by atoms with Crippen LogP contribution in [0.15, 0.2) is 60.0 Å². The maximum atomic E-state index is 12.5. The molecule has 6 heterocycles. The largest absolute Gasteiger partial charge is 0.383 e. The summed E-state index contributed by atoms with van der Waals surface area (Å²) in [6, 6.07) is 14.4. The lowest BCUT2D eigenvalue weighted by Crippen LogP contribution is -2.71. The van der Waals surface area contributed by atoms with Crippen molar-refractivity contribution in [3.63, 3.8) is 0 Å². The average Bonchev–Trinajstić information content (AvgIpc) is 3.67. The number of benzene rings is 1. The number of piperidine rings is 1. The van der Waals surface area contributed by atoms with Crippen molar-refractivity contribution in [1.82, 2.24) is 35.2 Å². The monoisotopic (exact) mass is 507 g/mol. The highest BCUT2D eigenvalue weighted by Crippen LogP contribution is 2.53. The number of pyridine rings is 1. The van der Waals surface area contributed by atoms with Gasteiger partial charge in [0, 0.05) is 34.5 Å². The molecular formula is C28H29N9O. The number of hydrazone groups is 1. The predicted molar refractivity (Wildman–Crippen MR) is 145 cm³/mol. The first-order valence-corrected chi connectivity index (χ1v) is 13.0. The second-order valence-electron chi connectivity index (χ2n) is 10.4. The standard InChI is InChI=1S/C28H29N9O/c1-18-24(27-12-5-8-21(11-13-27)37(27)28(16-38)31-17-32-35-28)34-26-22(15-33-36(26)25(18)29)20-9-10-23(30-14-20)19-6-3-2-4-7-19/h2-4,6-7,9-10,14-17,21,35H,5,8,11-13,29H2,1H3,(H,31,32)/t21-,27+,28+/m0/s1. The first-order chi connectivity index (χ1) is 18.6. The highest BCUT2D eigenvalue weighted by molar-refractivity contribution is 5.79. The molecule has 10 heteroatoms. The molecule has 0 radical (unpaired) electrons. The molecule has 3 atom stereocenters. The number of aromatic nitrogens is 4. The van der Waals surface area contributed by atoms with Gasteiger partial charge in [0.05, 0.1) is 23.1 Å². The molecule has 10 nitrogen and oxygen atoms in total. The minimum absolute atomic E-state index is 0.230. The Labute approximate surface area is 220 Å². The van der Waals surface area contributed by atoms with Gasteiger partial charge in [-0.1, -0.05) is 36.4 Å². The van der Waals surface area contributed by atoms with Crippen LogP contribution in [0.3, 0.4) is 0 Å². The summed E-state index contributed by atoms with van der Waals surface area (Å²) in [5.74, 6) is -0.547. The Morgan fingerprint density at radius 2 is 1.95 bits per heavy atom. The summed E-state index contributed by atoms with van der Waals surface area (Å²) in [4.78, 5) is 24.7. The summed E-state index contributed by atoms with van der Waals surface area (Å²) in [6.45, 7) is 2.00. The summed E-state index contributed by atoms with van der Waals surface area (Å²) in [6.07, 6.45) is 10.9. The van der Waals surface area contributed by atoms with Gasteiger partial charge in [-0.05, 0) is 45.1 Å². The van der Waals surface area contributed by atoms with Gasteiger partial charge in [0.1, 0.15) is 12.2 Å². The van der Waals surface area contributed by atoms with Crippen LogP contribution in [-0.4, -0.2) is 48.9 Å². The molecule has 0 saturated carbocycles. The Morgan fingerprint density at radius 1 is 1.08 bits per heavy atom. The van der Waals surface area contributed by atoms with Crippen LogP contribution in [0.5, 0.6) is 0 Å². The molecule has 3 aromatic heterocycles. The minimum atomic E-state index is -1.10. The highest BCUT2D eigenvalue weighted by atomic mass is 16.1. The smallest absolute Gasteiger partial charge is 0.241 e. The fraction of sp³-hybridized carbons (Fsp3) is 0.321. The fourth-order valence-corrected chi connectivity index (χ4v) is 6.75. The summed E-state index contributed by atoms with van der Waals surface area (Å²) in [7, 11) is 0. The number of nitrogen functional groups attached to an aromatic ring is 1. The molecule has 2 fully saturated rings. The molecule has 38 heavy (non-hydrogen) atoms. The van der Waals surface area contributed by atoms with Gasteiger partial charge in [0.2, 0.25) is 5.79 Å². The molecule has 4 aromatic rings. The third-order valence-corrected chi connectivity index (χ3v) is 8.49. The summed E-state index contributed by atoms with van der Waals surface area (Å²) >= 11 is 0. The SMILES string of the molecule is Cc1c([C@@]23CCC[C@@H](CC2)N3[C@]2(C=O)NC=NN2)nc2c(-c3ccc(-c4ccccc4)nc3)cnn2c1N. The average molecular weight is 508 g/mol. The number of nitrogens with two attached hydrogens (primary N) is 1. The molecule has 0 unspecified atom stereocenters. The van der Waals surface area contributed by atoms with Gasteiger partial charge < -0.3 is 11.1 Å². The van der Waals surface area contributed by atoms with Gasteiger partial charge in [-0.15, -0.1) is 0 Å². The Hall–Kier alpha value is -4.31. The van der Waals surface area contributed by atoms with Gasteiger partial charge in [-0.3, -0.25) is 15.2 Å². The van der Waals surface area contributed by atoms with Crippen molar-refractivity contribution in [3.8, 4) is 22.4 Å². The number of carbonyl (C=O) groups excluding carboxylic acids is 1. The van der Waals surface area contributed by atoms with E-state index in [-0.39, 0.29) is 6.04 Å². The normalized spacial score (nSPS) is 26.4. The molecule has 2 saturated heterocycles. The van der Waals surface area contributed by atoms with Crippen LogP contribution in [0.1, 0.15) is 43.4 Å². The van der Waals surface area contributed by atoms with E-state index in [9.17, 15) is 4.79 Å². The maximum absolute atomic E-state index is 12.5. The third kappa shape index (κ3) is 3.13. The van der Waals surface area contributed by atoms with Crippen LogP contribution in [0.25, 0.3) is 28.0 Å². The van der Waals surface area contributed by atoms with Gasteiger partial charge >= 0.3 is 0 Å². The van der Waals surface area contributed by atoms with Crippen molar-refractivity contribution < 1.29 is 4.79 Å². The molecule has 7 rings (SSSR count). The summed E-state index contributed by atoms with van der Waals surface area (Å²) in [5, 5.41) is 11.9. The molecule has 2 bridgehead atoms. The molecule has 0 aliphatic carbocycles. The Bertz CT molecular complexity index is 1550. The van der Waals surface area contributed by atoms with E-state index in [1.165, 1.54) is 0 Å². The maximum Gasteiger partial charge on any atom is 0.241 e. The zero-order valence-electron chi connectivity index (χ0n) is 21.1. The number of rotatable bonds is 5. The quantitative estimate of drug-likeness (QED) is 0.352. The second-order valence-corrected chi connectivity index (χ2v) is 10.4. The summed E-state index contributed by atoms with van der Waals surface area (Å²) < 4.78 is 1.71. The summed E-state index contributed by atoms with van der Waals surface area (Å²) in [5.41, 5.74) is 15.5. The lowest BCUT2D eigenvalue weighted by Gasteiger charge is -2.51. The molecule has 3 aliphatic heterocycles. The number of aldehydes is 1. The van der Waals surface area contributed by atoms with Gasteiger partial charge in [-0.25, -0.2) is 9.88 Å². The third-order valence-electron chi connectivity index (χ3n) is 8.49. The molecule has 3 aliphatic rings. The first kappa shape index (κ1) is 22.9. The van der Waals surface area contributed by atoms with Crippen LogP contribution in [0.4, 0.5) is 5.82 Å². The van der Waals surface area contributed by atoms with Crippen LogP contribution in [0, 0.1) is 6.92 Å². The molecule has 0 spiro atoms. The van der Waals surface area contributed by atoms with Crippen LogP contribution >= 0.6 is 0 Å². The van der Waals surface area contributed by atoms with E-state index in [1.807, 2.05) is 55.6 Å². The predicted octanol–water partition coefficient (Wildman–Crippen LogP) is 3.18. The van der Waals surface area contributed by atoms with E-state index in [1.54, 1.807) is 17.1 Å². The lowest BCUT2D eigenvalue weighted by atomic mass is 9.81. The van der Waals surface area contributed by atoms with Crippen molar-refractivity contribution in [2.75, 3.05) is 5.73 Å². The van der Waals surface area contributed by atoms with Crippen LogP contribution < -0.4 is 16.5 Å². The highest BCUT2D eigenvalue weighted by Gasteiger charge is 2.60. The molecular weight excluding hydrogens is 478 g/mol. The second kappa shape index (κ2) is 8.35. The first-order valence-electron chi connectivity index (χ1n) is 13.0. The van der Waals surface area contributed by atoms with E-state index in [2.05, 4.69) is 25.8 Å². The number of hydrogen-bond acceptors (Lipinski definition) is 9. The van der Waals surface area contributed by atoms with Gasteiger partial charge in [-0.2, -0.15) is 14.7 Å². The van der Waals surface area contributed by atoms with E-state index >= 15 is 0 Å². The Balaban J connectivity index is 1.36. The van der Waals surface area contributed by atoms with Crippen LogP contribution in [0.2, 0.25) is 0 Å². The number of hydrogen-bond donors (Lipinski definition) is 3. The van der Waals surface area contributed by atoms with E-state index in [0.29, 0.717) is 11.5 Å². The number of anilines is 1. The number of nitrogens with zero attached hydrogens (tertiary/aromatic N) is 6. The van der Waals surface area contributed by atoms with Crippen LogP contribution in [-0.2, 0) is 10.3 Å². The van der Waals surface area contributed by atoms with Crippen molar-refractivity contribution in [1.29, 1.82) is 0 Å². The lowest BCUT2D eigenvalue weighted by molar-refractivity contribution is -0.133. The van der Waals surface area contributed by atoms with Crippen molar-refractivity contribution >= 4 is 24.1 Å². The fourth-order valence-electron chi connectivity index (χ4n) is 6.75. The van der Waals surface area contributed by atoms with E-state index in [0.717, 1.165) is 72.0 Å². The zero-order chi connectivity index (χ0) is 25.9. The Kier molecular flexibility index (Phi) is 5.02. The molecule has 192 valence electrons. The zero-order valence-corrected chi connectivity index (χ0v) is 21.1.